The Balaban J connectivity index is 2.27. The molecule has 1 aliphatic heterocycles. The van der Waals surface area contributed by atoms with Crippen LogP contribution in [0.4, 0.5) is 11.4 Å². The zero-order chi connectivity index (χ0) is 13.6. The zero-order valence-corrected chi connectivity index (χ0v) is 11.0. The zero-order valence-electron chi connectivity index (χ0n) is 11.0. The van der Waals surface area contributed by atoms with Gasteiger partial charge in [0.2, 0.25) is 5.91 Å². The molecule has 0 bridgehead atoms. The van der Waals surface area contributed by atoms with Gasteiger partial charge in [-0.15, -0.1) is 0 Å². The Hall–Kier alpha value is -2.24. The predicted molar refractivity (Wildman–Crippen MR) is 73.3 cm³/mol. The lowest BCUT2D eigenvalue weighted by Crippen LogP contribution is -2.09. The van der Waals surface area contributed by atoms with Gasteiger partial charge in [-0.2, -0.15) is 0 Å². The Kier molecular flexibility index (Phi) is 2.58. The van der Waals surface area contributed by atoms with E-state index in [1.54, 1.807) is 7.11 Å². The summed E-state index contributed by atoms with van der Waals surface area (Å²) in [6.07, 6.45) is 2.05. The summed E-state index contributed by atoms with van der Waals surface area (Å²) in [5, 5.41) is 2.73. The van der Waals surface area contributed by atoms with E-state index in [-0.39, 0.29) is 5.91 Å². The maximum Gasteiger partial charge on any atom is 0.221 e. The molecule has 0 saturated carbocycles. The van der Waals surface area contributed by atoms with E-state index in [4.69, 9.17) is 10.5 Å². The van der Waals surface area contributed by atoms with Gasteiger partial charge >= 0.3 is 0 Å². The van der Waals surface area contributed by atoms with E-state index in [2.05, 4.69) is 14.9 Å². The summed E-state index contributed by atoms with van der Waals surface area (Å²) in [6, 6.07) is 1.82. The number of nitrogen functional groups attached to an aromatic ring is 1. The molecule has 100 valence electrons. The van der Waals surface area contributed by atoms with E-state index in [0.29, 0.717) is 17.1 Å². The summed E-state index contributed by atoms with van der Waals surface area (Å²) in [6.45, 7) is 2.38. The van der Waals surface area contributed by atoms with Crippen LogP contribution in [0.15, 0.2) is 6.07 Å². The minimum atomic E-state index is -0.163. The number of aryl methyl sites for hydroxylation is 2. The van der Waals surface area contributed by atoms with Crippen LogP contribution in [0.2, 0.25) is 0 Å². The molecule has 1 amide bonds. The van der Waals surface area contributed by atoms with Crippen LogP contribution in [0.3, 0.4) is 0 Å². The number of rotatable bonds is 2. The highest BCUT2D eigenvalue weighted by atomic mass is 16.5. The molecule has 0 spiro atoms. The number of nitrogens with one attached hydrogen (secondary N) is 1. The number of imidazole rings is 1. The number of hydrogen-bond acceptors (Lipinski definition) is 4. The average Bonchev–Trinajstić information content (AvgIpc) is 2.87. The van der Waals surface area contributed by atoms with Crippen molar-refractivity contribution >= 4 is 28.3 Å². The molecule has 0 atom stereocenters. The van der Waals surface area contributed by atoms with Gasteiger partial charge in [-0.05, 0) is 12.5 Å². The predicted octanol–water partition coefficient (Wildman–Crippen LogP) is 1.53. The molecule has 19 heavy (non-hydrogen) atoms. The van der Waals surface area contributed by atoms with Crippen molar-refractivity contribution in [1.82, 2.24) is 9.55 Å². The largest absolute Gasteiger partial charge is 0.492 e. The van der Waals surface area contributed by atoms with Crippen molar-refractivity contribution in [2.75, 3.05) is 18.2 Å². The Morgan fingerprint density at radius 3 is 3.05 bits per heavy atom. The molecule has 0 saturated heterocycles. The summed E-state index contributed by atoms with van der Waals surface area (Å²) in [4.78, 5) is 15.8. The second kappa shape index (κ2) is 4.15. The van der Waals surface area contributed by atoms with Crippen LogP contribution in [-0.2, 0) is 17.8 Å². The highest BCUT2D eigenvalue weighted by molar-refractivity contribution is 6.01. The number of hydrogen-bond donors (Lipinski definition) is 2. The SMILES string of the molecule is COc1c(NC(C)=O)cc2nc3n(c2c1N)CCC3. The second-order valence-electron chi connectivity index (χ2n) is 4.70. The minimum Gasteiger partial charge on any atom is -0.492 e. The first-order valence-corrected chi connectivity index (χ1v) is 6.25. The molecule has 0 fully saturated rings. The Morgan fingerprint density at radius 2 is 2.37 bits per heavy atom. The number of nitrogens with zero attached hydrogens (tertiary/aromatic N) is 2. The van der Waals surface area contributed by atoms with Gasteiger partial charge in [-0.25, -0.2) is 4.98 Å². The van der Waals surface area contributed by atoms with Crippen LogP contribution < -0.4 is 15.8 Å². The molecule has 3 rings (SSSR count). The standard InChI is InChI=1S/C13H16N4O2/c1-7(18)15-9-6-8-12(11(14)13(9)19-2)17-5-3-4-10(17)16-8/h6H,3-5,14H2,1-2H3,(H,15,18). The maximum atomic E-state index is 11.2. The van der Waals surface area contributed by atoms with Crippen molar-refractivity contribution in [3.8, 4) is 5.75 Å². The number of methoxy groups -OCH3 is 1. The van der Waals surface area contributed by atoms with E-state index < -0.39 is 0 Å². The quantitative estimate of drug-likeness (QED) is 0.802. The summed E-state index contributed by atoms with van der Waals surface area (Å²) >= 11 is 0. The topological polar surface area (TPSA) is 82.2 Å². The van der Waals surface area contributed by atoms with Gasteiger partial charge in [-0.1, -0.05) is 0 Å². The summed E-state index contributed by atoms with van der Waals surface area (Å²) < 4.78 is 7.46. The summed E-state index contributed by atoms with van der Waals surface area (Å²) in [7, 11) is 1.55. The van der Waals surface area contributed by atoms with Crippen LogP contribution in [0, 0.1) is 0 Å². The van der Waals surface area contributed by atoms with Crippen molar-refractivity contribution < 1.29 is 9.53 Å². The third kappa shape index (κ3) is 1.71. The number of benzene rings is 1. The normalized spacial score (nSPS) is 13.6. The van der Waals surface area contributed by atoms with E-state index in [9.17, 15) is 4.79 Å². The van der Waals surface area contributed by atoms with Gasteiger partial charge < -0.3 is 20.4 Å². The monoisotopic (exact) mass is 260 g/mol. The van der Waals surface area contributed by atoms with Gasteiger partial charge in [0, 0.05) is 19.9 Å². The number of fused-ring (bicyclic) bond motifs is 3. The first-order valence-electron chi connectivity index (χ1n) is 6.25. The molecular formula is C13H16N4O2. The van der Waals surface area contributed by atoms with Gasteiger partial charge in [0.15, 0.2) is 5.75 Å². The number of ether oxygens (including phenoxy) is 1. The molecule has 6 heteroatoms. The fraction of sp³-hybridized carbons (Fsp3) is 0.385. The van der Waals surface area contributed by atoms with Crippen molar-refractivity contribution in [1.29, 1.82) is 0 Å². The first kappa shape index (κ1) is 11.8. The highest BCUT2D eigenvalue weighted by Gasteiger charge is 2.22. The minimum absolute atomic E-state index is 0.163. The molecule has 2 heterocycles. The van der Waals surface area contributed by atoms with Gasteiger partial charge in [0.1, 0.15) is 11.5 Å². The lowest BCUT2D eigenvalue weighted by atomic mass is 10.2. The fourth-order valence-electron chi connectivity index (χ4n) is 2.69. The van der Waals surface area contributed by atoms with E-state index >= 15 is 0 Å². The molecular weight excluding hydrogens is 244 g/mol. The maximum absolute atomic E-state index is 11.2. The lowest BCUT2D eigenvalue weighted by molar-refractivity contribution is -0.114. The summed E-state index contributed by atoms with van der Waals surface area (Å²) in [5.41, 5.74) is 8.99. The highest BCUT2D eigenvalue weighted by Crippen LogP contribution is 2.39. The number of carbonyl (C=O) groups is 1. The molecule has 6 nitrogen and oxygen atoms in total. The molecule has 1 aromatic carbocycles. The molecule has 3 N–H and O–H groups in total. The third-order valence-electron chi connectivity index (χ3n) is 3.40. The summed E-state index contributed by atoms with van der Waals surface area (Å²) in [5.74, 6) is 1.38. The van der Waals surface area contributed by atoms with E-state index in [1.165, 1.54) is 6.92 Å². The van der Waals surface area contributed by atoms with Gasteiger partial charge in [-0.3, -0.25) is 4.79 Å². The molecule has 1 aliphatic rings. The van der Waals surface area contributed by atoms with Gasteiger partial charge in [0.25, 0.3) is 0 Å². The molecule has 0 unspecified atom stereocenters. The van der Waals surface area contributed by atoms with Crippen LogP contribution in [0.1, 0.15) is 19.2 Å². The number of aromatic nitrogens is 2. The molecule has 0 aliphatic carbocycles. The first-order chi connectivity index (χ1) is 9.11. The molecule has 1 aromatic heterocycles. The van der Waals surface area contributed by atoms with Crippen LogP contribution >= 0.6 is 0 Å². The Labute approximate surface area is 110 Å². The van der Waals surface area contributed by atoms with Crippen LogP contribution in [0.25, 0.3) is 11.0 Å². The molecule has 0 radical (unpaired) electrons. The number of nitrogens with two attached hydrogens (primary N) is 1. The molecule has 2 aromatic rings. The van der Waals surface area contributed by atoms with E-state index in [1.807, 2.05) is 6.07 Å². The van der Waals surface area contributed by atoms with Crippen molar-refractivity contribution in [2.45, 2.75) is 26.3 Å². The van der Waals surface area contributed by atoms with E-state index in [0.717, 1.165) is 36.2 Å². The third-order valence-corrected chi connectivity index (χ3v) is 3.40. The van der Waals surface area contributed by atoms with Crippen LogP contribution in [-0.4, -0.2) is 22.6 Å². The Bertz CT molecular complexity index is 675. The lowest BCUT2D eigenvalue weighted by Gasteiger charge is -2.13. The van der Waals surface area contributed by atoms with Gasteiger partial charge in [0.05, 0.1) is 23.8 Å². The van der Waals surface area contributed by atoms with Crippen molar-refractivity contribution in [2.24, 2.45) is 0 Å². The van der Waals surface area contributed by atoms with Crippen LogP contribution in [0.5, 0.6) is 5.75 Å². The van der Waals surface area contributed by atoms with Crippen molar-refractivity contribution in [3.63, 3.8) is 0 Å². The smallest absolute Gasteiger partial charge is 0.221 e. The fourth-order valence-corrected chi connectivity index (χ4v) is 2.69. The number of carbonyl (C=O) groups excluding carboxylic acids is 1. The number of anilines is 2. The number of amides is 1. The Morgan fingerprint density at radius 1 is 1.58 bits per heavy atom. The second-order valence-corrected chi connectivity index (χ2v) is 4.70. The van der Waals surface area contributed by atoms with Crippen molar-refractivity contribution in [3.05, 3.63) is 11.9 Å². The average molecular weight is 260 g/mol.